The van der Waals surface area contributed by atoms with Crippen molar-refractivity contribution in [1.29, 1.82) is 0 Å². The third kappa shape index (κ3) is 70.3. The molecule has 0 bridgehead atoms. The Kier molecular flexibility index (Phi) is 66.5. The third-order valence-corrected chi connectivity index (χ3v) is 19.6. The Morgan fingerprint density at radius 2 is 0.484 bits per heavy atom. The zero-order chi connectivity index (χ0) is 70.0. The van der Waals surface area contributed by atoms with Crippen LogP contribution in [0.1, 0.15) is 395 Å². The van der Waals surface area contributed by atoms with E-state index in [-0.39, 0.29) is 25.7 Å². The molecule has 0 aliphatic rings. The molecule has 564 valence electrons. The second-order valence-corrected chi connectivity index (χ2v) is 31.3. The van der Waals surface area contributed by atoms with E-state index in [4.69, 9.17) is 37.0 Å². The molecule has 0 spiro atoms. The first-order chi connectivity index (χ1) is 45.9. The van der Waals surface area contributed by atoms with Gasteiger partial charge in [0.05, 0.1) is 26.4 Å². The molecule has 0 heterocycles. The lowest BCUT2D eigenvalue weighted by Crippen LogP contribution is -2.30. The molecule has 5 atom stereocenters. The van der Waals surface area contributed by atoms with Gasteiger partial charge in [-0.25, -0.2) is 9.13 Å². The Morgan fingerprint density at radius 1 is 0.284 bits per heavy atom. The summed E-state index contributed by atoms with van der Waals surface area (Å²) in [5.74, 6) is -0.544. The molecule has 0 fully saturated rings. The zero-order valence-corrected chi connectivity index (χ0v) is 63.8. The summed E-state index contributed by atoms with van der Waals surface area (Å²) in [5.41, 5.74) is 0. The number of aliphatic hydroxyl groups excluding tert-OH is 1. The van der Waals surface area contributed by atoms with Crippen LogP contribution in [0.5, 0.6) is 0 Å². The number of esters is 4. The second-order valence-electron chi connectivity index (χ2n) is 28.3. The number of carbonyl (C=O) groups is 4. The van der Waals surface area contributed by atoms with Crippen molar-refractivity contribution in [2.24, 2.45) is 11.8 Å². The second kappa shape index (κ2) is 67.9. The molecular weight excluding hydrogens is 1250 g/mol. The van der Waals surface area contributed by atoms with Crippen molar-refractivity contribution in [2.45, 2.75) is 413 Å². The molecule has 0 saturated carbocycles. The van der Waals surface area contributed by atoms with E-state index < -0.39 is 97.5 Å². The molecule has 2 unspecified atom stereocenters. The van der Waals surface area contributed by atoms with Crippen LogP contribution in [0.2, 0.25) is 0 Å². The number of aliphatic hydroxyl groups is 1. The van der Waals surface area contributed by atoms with Crippen LogP contribution in [-0.4, -0.2) is 96.7 Å². The lowest BCUT2D eigenvalue weighted by Gasteiger charge is -2.21. The summed E-state index contributed by atoms with van der Waals surface area (Å²) in [4.78, 5) is 72.6. The van der Waals surface area contributed by atoms with Crippen LogP contribution in [0, 0.1) is 11.8 Å². The van der Waals surface area contributed by atoms with Gasteiger partial charge in [-0.2, -0.15) is 0 Å². The van der Waals surface area contributed by atoms with Crippen LogP contribution in [0.4, 0.5) is 0 Å². The van der Waals surface area contributed by atoms with Crippen molar-refractivity contribution in [3.63, 3.8) is 0 Å². The Balaban J connectivity index is 5.14. The van der Waals surface area contributed by atoms with Crippen molar-refractivity contribution in [1.82, 2.24) is 0 Å². The molecule has 17 nitrogen and oxygen atoms in total. The van der Waals surface area contributed by atoms with Crippen molar-refractivity contribution in [3.8, 4) is 0 Å². The topological polar surface area (TPSA) is 237 Å². The lowest BCUT2D eigenvalue weighted by molar-refractivity contribution is -0.161. The standard InChI is InChI=1S/C76H148O17P2/c1-7-9-11-13-14-15-16-17-18-19-20-26-31-36-41-47-53-59-74(79)87-65-72(93-76(81)61-54-48-42-37-32-27-22-21-24-29-34-39-45-50-56-68(3)4)67-91-95(84,85)89-63-70(77)62-88-94(82,83)90-66-71(64-86-73(78)58-52-44-12-10-8-2)92-75(80)60-55-49-43-38-33-28-23-25-30-35-40-46-51-57-69(5)6/h68-72,77H,7-67H2,1-6H3,(H,82,83)(H,84,85)/t70-,71+,72+/m0/s1. The smallest absolute Gasteiger partial charge is 0.462 e. The van der Waals surface area contributed by atoms with Crippen LogP contribution >= 0.6 is 15.6 Å². The van der Waals surface area contributed by atoms with E-state index >= 15 is 0 Å². The number of phosphoric ester groups is 2. The third-order valence-electron chi connectivity index (χ3n) is 17.7. The fourth-order valence-electron chi connectivity index (χ4n) is 11.7. The molecule has 0 radical (unpaired) electrons. The average Bonchev–Trinajstić information content (AvgIpc) is 1.37. The number of hydrogen-bond donors (Lipinski definition) is 3. The van der Waals surface area contributed by atoms with Crippen LogP contribution in [0.3, 0.4) is 0 Å². The Hall–Kier alpha value is -1.94. The highest BCUT2D eigenvalue weighted by molar-refractivity contribution is 7.47. The fraction of sp³-hybridized carbons (Fsp3) is 0.947. The fourth-order valence-corrected chi connectivity index (χ4v) is 13.2. The zero-order valence-electron chi connectivity index (χ0n) is 62.0. The molecule has 0 aromatic heterocycles. The molecule has 0 aromatic rings. The minimum Gasteiger partial charge on any atom is -0.462 e. The van der Waals surface area contributed by atoms with Gasteiger partial charge in [0, 0.05) is 25.7 Å². The number of rotatable bonds is 75. The first kappa shape index (κ1) is 93.1. The molecule has 19 heteroatoms. The SMILES string of the molecule is CCCCCCCCCCCCCCCCCCCC(=O)OC[C@H](COP(=O)(O)OC[C@@H](O)COP(=O)(O)OC[C@@H](COC(=O)CCCCCCC)OC(=O)CCCCCCCCCCCCCCCC(C)C)OC(=O)CCCCCCCCCCCCCCCCC(C)C. The quantitative estimate of drug-likeness (QED) is 0.0222. The summed E-state index contributed by atoms with van der Waals surface area (Å²) >= 11 is 0. The van der Waals surface area contributed by atoms with Gasteiger partial charge in [-0.05, 0) is 37.5 Å². The Morgan fingerprint density at radius 3 is 0.716 bits per heavy atom. The number of hydrogen-bond acceptors (Lipinski definition) is 15. The molecule has 0 amide bonds. The minimum atomic E-state index is -4.96. The van der Waals surface area contributed by atoms with E-state index in [9.17, 15) is 43.2 Å². The van der Waals surface area contributed by atoms with Crippen LogP contribution < -0.4 is 0 Å². The van der Waals surface area contributed by atoms with Gasteiger partial charge in [-0.1, -0.05) is 343 Å². The van der Waals surface area contributed by atoms with Crippen molar-refractivity contribution in [3.05, 3.63) is 0 Å². The summed E-state index contributed by atoms with van der Waals surface area (Å²) in [6.45, 7) is 9.55. The number of ether oxygens (including phenoxy) is 4. The molecule has 0 aliphatic heterocycles. The highest BCUT2D eigenvalue weighted by Gasteiger charge is 2.30. The van der Waals surface area contributed by atoms with Crippen molar-refractivity contribution >= 4 is 39.5 Å². The summed E-state index contributed by atoms with van der Waals surface area (Å²) in [6.07, 6.45) is 55.9. The summed E-state index contributed by atoms with van der Waals surface area (Å²) < 4.78 is 68.3. The molecule has 95 heavy (non-hydrogen) atoms. The van der Waals surface area contributed by atoms with Gasteiger partial charge in [0.2, 0.25) is 0 Å². The van der Waals surface area contributed by atoms with Crippen molar-refractivity contribution in [2.75, 3.05) is 39.6 Å². The van der Waals surface area contributed by atoms with Gasteiger partial charge >= 0.3 is 39.5 Å². The van der Waals surface area contributed by atoms with E-state index in [1.54, 1.807) is 0 Å². The van der Waals surface area contributed by atoms with E-state index in [1.165, 1.54) is 205 Å². The van der Waals surface area contributed by atoms with Gasteiger partial charge < -0.3 is 33.8 Å². The highest BCUT2D eigenvalue weighted by Crippen LogP contribution is 2.45. The molecule has 0 aliphatic carbocycles. The monoisotopic (exact) mass is 1400 g/mol. The first-order valence-electron chi connectivity index (χ1n) is 39.5. The molecule has 0 rings (SSSR count). The number of phosphoric acid groups is 2. The maximum atomic E-state index is 13.1. The van der Waals surface area contributed by atoms with E-state index in [0.29, 0.717) is 25.7 Å². The van der Waals surface area contributed by atoms with Gasteiger partial charge in [-0.3, -0.25) is 37.3 Å². The van der Waals surface area contributed by atoms with Gasteiger partial charge in [-0.15, -0.1) is 0 Å². The first-order valence-corrected chi connectivity index (χ1v) is 42.5. The normalized spacial score (nSPS) is 14.0. The minimum absolute atomic E-state index is 0.106. The van der Waals surface area contributed by atoms with Crippen molar-refractivity contribution < 1.29 is 80.2 Å². The van der Waals surface area contributed by atoms with E-state index in [2.05, 4.69) is 41.5 Å². The maximum Gasteiger partial charge on any atom is 0.472 e. The molecule has 3 N–H and O–H groups in total. The Bertz CT molecular complexity index is 1840. The number of unbranched alkanes of at least 4 members (excludes halogenated alkanes) is 45. The van der Waals surface area contributed by atoms with Crippen LogP contribution in [0.15, 0.2) is 0 Å². The predicted octanol–water partition coefficient (Wildman–Crippen LogP) is 22.3. The van der Waals surface area contributed by atoms with E-state index in [1.807, 2.05) is 0 Å². The van der Waals surface area contributed by atoms with Gasteiger partial charge in [0.1, 0.15) is 19.3 Å². The molecule has 0 saturated heterocycles. The van der Waals surface area contributed by atoms with Gasteiger partial charge in [0.15, 0.2) is 12.2 Å². The van der Waals surface area contributed by atoms with Gasteiger partial charge in [0.25, 0.3) is 0 Å². The predicted molar refractivity (Wildman–Crippen MR) is 386 cm³/mol. The highest BCUT2D eigenvalue weighted by atomic mass is 31.2. The Labute approximate surface area is 581 Å². The summed E-state index contributed by atoms with van der Waals surface area (Å²) in [6, 6.07) is 0. The summed E-state index contributed by atoms with van der Waals surface area (Å²) in [7, 11) is -9.90. The maximum absolute atomic E-state index is 13.1. The molecule has 0 aromatic carbocycles. The van der Waals surface area contributed by atoms with E-state index in [0.717, 1.165) is 108 Å². The van der Waals surface area contributed by atoms with Crippen LogP contribution in [0.25, 0.3) is 0 Å². The summed E-state index contributed by atoms with van der Waals surface area (Å²) in [5, 5.41) is 10.6. The average molecular weight is 1400 g/mol. The van der Waals surface area contributed by atoms with Crippen LogP contribution in [-0.2, 0) is 65.4 Å². The molecular formula is C76H148O17P2. The number of carbonyl (C=O) groups excluding carboxylic acids is 4. The largest absolute Gasteiger partial charge is 0.472 e. The lowest BCUT2D eigenvalue weighted by atomic mass is 10.0.